The van der Waals surface area contributed by atoms with Crippen molar-refractivity contribution in [3.8, 4) is 5.75 Å². The number of anilines is 2. The summed E-state index contributed by atoms with van der Waals surface area (Å²) in [7, 11) is 0. The summed E-state index contributed by atoms with van der Waals surface area (Å²) < 4.78 is 5.14. The van der Waals surface area contributed by atoms with Crippen LogP contribution in [-0.4, -0.2) is 25.0 Å². The summed E-state index contributed by atoms with van der Waals surface area (Å²) in [5.41, 5.74) is 1.06. The van der Waals surface area contributed by atoms with E-state index in [2.05, 4.69) is 5.32 Å². The number of carbonyl (C=O) groups excluding carboxylic acids is 2. The van der Waals surface area contributed by atoms with E-state index in [1.807, 2.05) is 0 Å². The summed E-state index contributed by atoms with van der Waals surface area (Å²) in [5, 5.41) is 4.01. The molecule has 0 aromatic heterocycles. The van der Waals surface area contributed by atoms with Gasteiger partial charge in [-0.2, -0.15) is 0 Å². The minimum Gasteiger partial charge on any atom is -0.423 e. The van der Waals surface area contributed by atoms with E-state index >= 15 is 0 Å². The molecule has 0 unspecified atom stereocenters. The molecule has 1 aliphatic rings. The Bertz CT molecular complexity index is 806. The predicted molar refractivity (Wildman–Crippen MR) is 94.4 cm³/mol. The zero-order chi connectivity index (χ0) is 17.3. The smallest absolute Gasteiger partial charge is 0.331 e. The van der Waals surface area contributed by atoms with Crippen LogP contribution >= 0.6 is 34.8 Å². The minimum absolute atomic E-state index is 0.0446. The number of fused-ring (bicyclic) bond motifs is 1. The Balaban J connectivity index is 1.77. The van der Waals surface area contributed by atoms with Crippen molar-refractivity contribution in [2.24, 2.45) is 0 Å². The number of amides is 1. The lowest BCUT2D eigenvalue weighted by Crippen LogP contribution is -2.41. The molecule has 124 valence electrons. The van der Waals surface area contributed by atoms with Gasteiger partial charge in [-0.25, -0.2) is 4.79 Å². The monoisotopic (exact) mass is 384 g/mol. The minimum atomic E-state index is -0.441. The summed E-state index contributed by atoms with van der Waals surface area (Å²) in [6.45, 7) is -0.0936. The number of hydrogen-bond acceptors (Lipinski definition) is 4. The van der Waals surface area contributed by atoms with E-state index in [0.717, 1.165) is 0 Å². The summed E-state index contributed by atoms with van der Waals surface area (Å²) in [5.74, 6) is -0.397. The number of benzene rings is 2. The maximum Gasteiger partial charge on any atom is 0.331 e. The van der Waals surface area contributed by atoms with Crippen molar-refractivity contribution in [2.45, 2.75) is 0 Å². The topological polar surface area (TPSA) is 58.6 Å². The van der Waals surface area contributed by atoms with Gasteiger partial charge in [0.15, 0.2) is 5.75 Å². The molecule has 1 heterocycles. The van der Waals surface area contributed by atoms with Crippen LogP contribution in [0.2, 0.25) is 15.1 Å². The number of ether oxygens (including phenoxy) is 1. The summed E-state index contributed by atoms with van der Waals surface area (Å²) in [6, 6.07) is 9.59. The third kappa shape index (κ3) is 3.93. The van der Waals surface area contributed by atoms with E-state index in [9.17, 15) is 9.59 Å². The van der Waals surface area contributed by atoms with E-state index in [0.29, 0.717) is 32.2 Å². The molecule has 0 saturated carbocycles. The van der Waals surface area contributed by atoms with Crippen LogP contribution in [0.5, 0.6) is 5.75 Å². The highest BCUT2D eigenvalue weighted by Gasteiger charge is 2.26. The van der Waals surface area contributed by atoms with Gasteiger partial charge >= 0.3 is 5.97 Å². The molecule has 3 rings (SSSR count). The number of carbonyl (C=O) groups is 2. The molecule has 0 radical (unpaired) electrons. The average Bonchev–Trinajstić information content (AvgIpc) is 2.46. The second kappa shape index (κ2) is 6.89. The molecule has 0 spiro atoms. The average molecular weight is 386 g/mol. The first-order valence-corrected chi connectivity index (χ1v) is 8.05. The highest BCUT2D eigenvalue weighted by atomic mass is 35.5. The normalized spacial score (nSPS) is 13.3. The summed E-state index contributed by atoms with van der Waals surface area (Å²) >= 11 is 17.8. The van der Waals surface area contributed by atoms with Gasteiger partial charge in [-0.1, -0.05) is 34.8 Å². The maximum absolute atomic E-state index is 12.3. The molecular weight excluding hydrogens is 375 g/mol. The number of nitrogens with one attached hydrogen (secondary N) is 1. The highest BCUT2D eigenvalue weighted by Crippen LogP contribution is 2.34. The Hall–Kier alpha value is -1.95. The highest BCUT2D eigenvalue weighted by molar-refractivity contribution is 6.35. The molecule has 24 heavy (non-hydrogen) atoms. The van der Waals surface area contributed by atoms with Crippen LogP contribution in [0.3, 0.4) is 0 Å². The van der Waals surface area contributed by atoms with Crippen LogP contribution in [0, 0.1) is 0 Å². The number of hydrogen-bond donors (Lipinski definition) is 1. The van der Waals surface area contributed by atoms with E-state index in [-0.39, 0.29) is 19.0 Å². The van der Waals surface area contributed by atoms with Gasteiger partial charge in [-0.3, -0.25) is 4.79 Å². The molecule has 1 N–H and O–H groups in total. The van der Waals surface area contributed by atoms with Crippen molar-refractivity contribution < 1.29 is 14.3 Å². The molecule has 0 fully saturated rings. The Morgan fingerprint density at radius 2 is 1.79 bits per heavy atom. The lowest BCUT2D eigenvalue weighted by atomic mass is 10.2. The van der Waals surface area contributed by atoms with Crippen LogP contribution in [0.4, 0.5) is 11.4 Å². The summed E-state index contributed by atoms with van der Waals surface area (Å²) in [6.07, 6.45) is 0. The Morgan fingerprint density at radius 1 is 1.08 bits per heavy atom. The second-order valence-electron chi connectivity index (χ2n) is 5.15. The number of nitrogens with zero attached hydrogens (tertiary/aromatic N) is 1. The van der Waals surface area contributed by atoms with Gasteiger partial charge in [-0.05, 0) is 36.4 Å². The molecular formula is C16H11Cl3N2O3. The molecule has 8 heteroatoms. The molecule has 5 nitrogen and oxygen atoms in total. The van der Waals surface area contributed by atoms with Gasteiger partial charge in [0.2, 0.25) is 5.91 Å². The summed E-state index contributed by atoms with van der Waals surface area (Å²) in [4.78, 5) is 25.6. The van der Waals surface area contributed by atoms with Gasteiger partial charge in [0.05, 0.1) is 12.2 Å². The van der Waals surface area contributed by atoms with Crippen molar-refractivity contribution in [1.82, 2.24) is 0 Å². The predicted octanol–water partition coefficient (Wildman–Crippen LogP) is 4.01. The van der Waals surface area contributed by atoms with E-state index in [4.69, 9.17) is 39.5 Å². The fraction of sp³-hybridized carbons (Fsp3) is 0.125. The third-order valence-electron chi connectivity index (χ3n) is 3.29. The maximum atomic E-state index is 12.3. The molecule has 0 atom stereocenters. The van der Waals surface area contributed by atoms with Crippen LogP contribution in [0.1, 0.15) is 0 Å². The number of halogens is 3. The lowest BCUT2D eigenvalue weighted by Gasteiger charge is -2.29. The second-order valence-corrected chi connectivity index (χ2v) is 6.46. The van der Waals surface area contributed by atoms with Gasteiger partial charge in [0, 0.05) is 20.8 Å². The number of rotatable bonds is 3. The fourth-order valence-corrected chi connectivity index (χ4v) is 3.05. The zero-order valence-corrected chi connectivity index (χ0v) is 14.5. The van der Waals surface area contributed by atoms with Crippen molar-refractivity contribution >= 4 is 58.1 Å². The third-order valence-corrected chi connectivity index (χ3v) is 3.96. The van der Waals surface area contributed by atoms with Crippen molar-refractivity contribution in [3.05, 3.63) is 51.5 Å². The molecule has 0 saturated heterocycles. The molecule has 1 amide bonds. The number of esters is 1. The zero-order valence-electron chi connectivity index (χ0n) is 12.2. The largest absolute Gasteiger partial charge is 0.423 e. The van der Waals surface area contributed by atoms with Crippen LogP contribution in [-0.2, 0) is 9.59 Å². The van der Waals surface area contributed by atoms with Crippen LogP contribution in [0.15, 0.2) is 36.4 Å². The first-order chi connectivity index (χ1) is 11.4. The van der Waals surface area contributed by atoms with Gasteiger partial charge < -0.3 is 15.0 Å². The van der Waals surface area contributed by atoms with E-state index < -0.39 is 5.97 Å². The first kappa shape index (κ1) is 16.9. The van der Waals surface area contributed by atoms with Crippen molar-refractivity contribution in [2.75, 3.05) is 23.3 Å². The molecule has 2 aromatic rings. The molecule has 0 aliphatic carbocycles. The van der Waals surface area contributed by atoms with Gasteiger partial charge in [-0.15, -0.1) is 0 Å². The molecule has 0 bridgehead atoms. The SMILES string of the molecule is O=C(CN1CC(=O)Oc2ccc(Cl)cc21)Nc1cc(Cl)cc(Cl)c1. The van der Waals surface area contributed by atoms with Crippen molar-refractivity contribution in [3.63, 3.8) is 0 Å². The van der Waals surface area contributed by atoms with E-state index in [1.165, 1.54) is 0 Å². The van der Waals surface area contributed by atoms with E-state index in [1.54, 1.807) is 41.3 Å². The fourth-order valence-electron chi connectivity index (χ4n) is 2.36. The molecule has 1 aliphatic heterocycles. The lowest BCUT2D eigenvalue weighted by molar-refractivity contribution is -0.133. The van der Waals surface area contributed by atoms with Crippen LogP contribution in [0.25, 0.3) is 0 Å². The van der Waals surface area contributed by atoms with Crippen LogP contribution < -0.4 is 15.0 Å². The Morgan fingerprint density at radius 3 is 2.50 bits per heavy atom. The quantitative estimate of drug-likeness (QED) is 0.640. The van der Waals surface area contributed by atoms with Crippen molar-refractivity contribution in [1.29, 1.82) is 0 Å². The standard InChI is InChI=1S/C16H11Cl3N2O3/c17-9-1-2-14-13(6-9)21(8-16(23)24-14)7-15(22)20-12-4-10(18)3-11(19)5-12/h1-6H,7-8H2,(H,20,22). The Kier molecular flexibility index (Phi) is 4.85. The van der Waals surface area contributed by atoms with Gasteiger partial charge in [0.25, 0.3) is 0 Å². The molecule has 2 aromatic carbocycles. The Labute approximate surface area is 153 Å². The first-order valence-electron chi connectivity index (χ1n) is 6.92. The van der Waals surface area contributed by atoms with Gasteiger partial charge in [0.1, 0.15) is 6.54 Å².